The molecule has 0 bridgehead atoms. The first-order chi connectivity index (χ1) is 16.5. The summed E-state index contributed by atoms with van der Waals surface area (Å²) < 4.78 is 21.4. The van der Waals surface area contributed by atoms with Gasteiger partial charge in [0.1, 0.15) is 5.58 Å². The zero-order chi connectivity index (χ0) is 24.8. The highest BCUT2D eigenvalue weighted by Crippen LogP contribution is 2.26. The van der Waals surface area contributed by atoms with E-state index >= 15 is 0 Å². The summed E-state index contributed by atoms with van der Waals surface area (Å²) in [4.78, 5) is 37.7. The third kappa shape index (κ3) is 8.50. The van der Waals surface area contributed by atoms with E-state index in [0.717, 1.165) is 64.2 Å². The zero-order valence-electron chi connectivity index (χ0n) is 20.8. The fourth-order valence-electron chi connectivity index (χ4n) is 3.62. The molecule has 188 valence electrons. The molecule has 7 heteroatoms. The van der Waals surface area contributed by atoms with E-state index in [9.17, 15) is 14.4 Å². The molecule has 1 heterocycles. The van der Waals surface area contributed by atoms with Gasteiger partial charge in [-0.1, -0.05) is 65.2 Å². The Kier molecular flexibility index (Phi) is 12.2. The van der Waals surface area contributed by atoms with Gasteiger partial charge in [0.05, 0.1) is 30.9 Å². The van der Waals surface area contributed by atoms with Gasteiger partial charge in [-0.25, -0.2) is 14.4 Å². The highest BCUT2D eigenvalue weighted by Gasteiger charge is 2.23. The van der Waals surface area contributed by atoms with Crippen LogP contribution in [0.1, 0.15) is 116 Å². The van der Waals surface area contributed by atoms with E-state index in [4.69, 9.17) is 18.6 Å². The molecular weight excluding hydrogens is 436 g/mol. The molecule has 0 saturated carbocycles. The Morgan fingerprint density at radius 3 is 1.71 bits per heavy atom. The number of rotatable bonds is 16. The number of fused-ring (bicyclic) bond motifs is 1. The first-order valence-electron chi connectivity index (χ1n) is 12.6. The van der Waals surface area contributed by atoms with E-state index in [1.54, 1.807) is 6.92 Å². The van der Waals surface area contributed by atoms with Crippen LogP contribution in [0.2, 0.25) is 0 Å². The van der Waals surface area contributed by atoms with E-state index in [1.807, 2.05) is 0 Å². The minimum absolute atomic E-state index is 0.00790. The van der Waals surface area contributed by atoms with Gasteiger partial charge in [0.2, 0.25) is 5.76 Å². The highest BCUT2D eigenvalue weighted by atomic mass is 16.5. The van der Waals surface area contributed by atoms with Crippen molar-refractivity contribution in [1.82, 2.24) is 0 Å². The van der Waals surface area contributed by atoms with Gasteiger partial charge in [0.25, 0.3) is 0 Å². The van der Waals surface area contributed by atoms with Crippen LogP contribution in [0.3, 0.4) is 0 Å². The fraction of sp³-hybridized carbons (Fsp3) is 0.593. The topological polar surface area (TPSA) is 92.0 Å². The van der Waals surface area contributed by atoms with Gasteiger partial charge in [-0.3, -0.25) is 0 Å². The van der Waals surface area contributed by atoms with Crippen molar-refractivity contribution in [1.29, 1.82) is 0 Å². The Hall–Kier alpha value is -2.83. The predicted octanol–water partition coefficient (Wildman–Crippen LogP) is 6.86. The minimum Gasteiger partial charge on any atom is -0.462 e. The molecule has 0 N–H and O–H groups in total. The van der Waals surface area contributed by atoms with Gasteiger partial charge >= 0.3 is 17.9 Å². The zero-order valence-corrected chi connectivity index (χ0v) is 20.8. The average Bonchev–Trinajstić information content (AvgIpc) is 3.26. The summed E-state index contributed by atoms with van der Waals surface area (Å²) in [6, 6.07) is 4.45. The van der Waals surface area contributed by atoms with E-state index in [0.29, 0.717) is 11.0 Å². The second-order valence-corrected chi connectivity index (χ2v) is 8.37. The molecular formula is C27H38O7. The molecule has 2 rings (SSSR count). The maximum atomic E-state index is 12.8. The van der Waals surface area contributed by atoms with Crippen LogP contribution < -0.4 is 0 Å². The molecule has 0 spiro atoms. The van der Waals surface area contributed by atoms with Crippen LogP contribution in [0.15, 0.2) is 22.6 Å². The number of benzene rings is 1. The lowest BCUT2D eigenvalue weighted by Crippen LogP contribution is -2.15. The van der Waals surface area contributed by atoms with E-state index in [1.165, 1.54) is 18.2 Å². The van der Waals surface area contributed by atoms with E-state index in [2.05, 4.69) is 13.8 Å². The number of ether oxygens (including phenoxy) is 3. The Balaban J connectivity index is 2.16. The molecule has 0 aliphatic heterocycles. The molecule has 0 radical (unpaired) electrons. The normalized spacial score (nSPS) is 10.9. The van der Waals surface area contributed by atoms with Crippen molar-refractivity contribution in [2.45, 2.75) is 85.0 Å². The molecule has 2 aromatic rings. The van der Waals surface area contributed by atoms with Crippen LogP contribution in [0.4, 0.5) is 0 Å². The van der Waals surface area contributed by atoms with Crippen LogP contribution in [0, 0.1) is 0 Å². The predicted molar refractivity (Wildman–Crippen MR) is 130 cm³/mol. The van der Waals surface area contributed by atoms with E-state index in [-0.39, 0.29) is 36.7 Å². The van der Waals surface area contributed by atoms with Crippen molar-refractivity contribution >= 4 is 28.9 Å². The van der Waals surface area contributed by atoms with Gasteiger partial charge < -0.3 is 18.6 Å². The summed E-state index contributed by atoms with van der Waals surface area (Å²) in [5.41, 5.74) is 0.476. The Morgan fingerprint density at radius 1 is 0.647 bits per heavy atom. The van der Waals surface area contributed by atoms with Gasteiger partial charge in [0, 0.05) is 5.39 Å². The summed E-state index contributed by atoms with van der Waals surface area (Å²) >= 11 is 0. The van der Waals surface area contributed by atoms with Crippen LogP contribution in [-0.2, 0) is 14.2 Å². The third-order valence-corrected chi connectivity index (χ3v) is 5.54. The summed E-state index contributed by atoms with van der Waals surface area (Å²) in [5, 5.41) is 0.508. The molecule has 0 unspecified atom stereocenters. The highest BCUT2D eigenvalue weighted by molar-refractivity contribution is 6.07. The Bertz CT molecular complexity index is 863. The molecule has 0 saturated heterocycles. The summed E-state index contributed by atoms with van der Waals surface area (Å²) in [6.45, 7) is 6.76. The third-order valence-electron chi connectivity index (χ3n) is 5.54. The number of furan rings is 1. The van der Waals surface area contributed by atoms with Crippen molar-refractivity contribution in [3.63, 3.8) is 0 Å². The number of carbonyl (C=O) groups is 3. The maximum Gasteiger partial charge on any atom is 0.374 e. The van der Waals surface area contributed by atoms with E-state index < -0.39 is 17.9 Å². The van der Waals surface area contributed by atoms with Gasteiger partial charge in [-0.05, 0) is 38.0 Å². The monoisotopic (exact) mass is 474 g/mol. The van der Waals surface area contributed by atoms with Gasteiger partial charge in [0.15, 0.2) is 0 Å². The summed E-state index contributed by atoms with van der Waals surface area (Å²) in [6.07, 6.45) is 10.3. The Morgan fingerprint density at radius 2 is 1.18 bits per heavy atom. The lowest BCUT2D eigenvalue weighted by molar-refractivity contribution is 0.0450. The van der Waals surface area contributed by atoms with Crippen LogP contribution >= 0.6 is 0 Å². The number of unbranched alkanes of at least 4 members (excludes halogenated alkanes) is 8. The lowest BCUT2D eigenvalue weighted by atomic mass is 10.0. The largest absolute Gasteiger partial charge is 0.462 e. The fourth-order valence-corrected chi connectivity index (χ4v) is 3.62. The van der Waals surface area contributed by atoms with Gasteiger partial charge in [-0.15, -0.1) is 0 Å². The maximum absolute atomic E-state index is 12.8. The molecule has 0 atom stereocenters. The summed E-state index contributed by atoms with van der Waals surface area (Å²) in [7, 11) is 0. The molecule has 0 aliphatic carbocycles. The minimum atomic E-state index is -0.610. The molecule has 7 nitrogen and oxygen atoms in total. The first kappa shape index (κ1) is 27.4. The van der Waals surface area contributed by atoms with Crippen molar-refractivity contribution < 1.29 is 33.0 Å². The SMILES string of the molecule is CCCCCCCOC(=O)c1cc2cc(C(=O)OCC)oc2cc1C(=O)OCCCCCCC. The summed E-state index contributed by atoms with van der Waals surface area (Å²) in [5.74, 6) is -1.80. The van der Waals surface area contributed by atoms with Crippen molar-refractivity contribution in [2.24, 2.45) is 0 Å². The number of esters is 3. The average molecular weight is 475 g/mol. The first-order valence-corrected chi connectivity index (χ1v) is 12.6. The second kappa shape index (κ2) is 15.1. The molecule has 0 amide bonds. The quantitative estimate of drug-likeness (QED) is 0.149. The van der Waals surface area contributed by atoms with Crippen molar-refractivity contribution in [3.05, 3.63) is 35.1 Å². The molecule has 1 aromatic heterocycles. The number of hydrogen-bond donors (Lipinski definition) is 0. The van der Waals surface area contributed by atoms with Crippen LogP contribution in [0.25, 0.3) is 11.0 Å². The van der Waals surface area contributed by atoms with Crippen LogP contribution in [-0.4, -0.2) is 37.7 Å². The van der Waals surface area contributed by atoms with Gasteiger partial charge in [-0.2, -0.15) is 0 Å². The number of hydrogen-bond acceptors (Lipinski definition) is 7. The van der Waals surface area contributed by atoms with Crippen molar-refractivity contribution in [3.8, 4) is 0 Å². The molecule has 1 aromatic carbocycles. The molecule has 0 fully saturated rings. The molecule has 34 heavy (non-hydrogen) atoms. The standard InChI is InChI=1S/C27H38O7/c1-4-7-9-11-13-15-32-25(28)21-17-20-18-24(27(30)31-6-3)34-23(20)19-22(21)26(29)33-16-14-12-10-8-5-2/h17-19H,4-16H2,1-3H3. The molecule has 0 aliphatic rings. The Labute approximate surface area is 202 Å². The van der Waals surface area contributed by atoms with Crippen LogP contribution in [0.5, 0.6) is 0 Å². The number of carbonyl (C=O) groups excluding carboxylic acids is 3. The lowest BCUT2D eigenvalue weighted by Gasteiger charge is -2.10. The smallest absolute Gasteiger partial charge is 0.374 e. The second-order valence-electron chi connectivity index (χ2n) is 8.37. The van der Waals surface area contributed by atoms with Crippen molar-refractivity contribution in [2.75, 3.05) is 19.8 Å².